The topological polar surface area (TPSA) is 61.4 Å². The van der Waals surface area contributed by atoms with Crippen LogP contribution < -0.4 is 10.2 Å². The number of nitrogens with one attached hydrogen (secondary N) is 1. The Kier molecular flexibility index (Phi) is 6.05. The van der Waals surface area contributed by atoms with E-state index in [9.17, 15) is 4.79 Å². The first-order chi connectivity index (χ1) is 11.6. The van der Waals surface area contributed by atoms with Crippen LogP contribution in [0.4, 0.5) is 5.95 Å². The number of carbonyl (C=O) groups excluding carboxylic acids is 1. The fourth-order valence-corrected chi connectivity index (χ4v) is 3.66. The normalized spacial score (nSPS) is 25.5. The number of hydrogen-bond acceptors (Lipinski definition) is 5. The van der Waals surface area contributed by atoms with Crippen molar-refractivity contribution in [2.75, 3.05) is 37.6 Å². The van der Waals surface area contributed by atoms with Gasteiger partial charge in [0.05, 0.1) is 11.0 Å². The van der Waals surface area contributed by atoms with Crippen molar-refractivity contribution in [3.8, 4) is 0 Å². The zero-order chi connectivity index (χ0) is 16.9. The number of aromatic nitrogens is 2. The molecule has 7 heteroatoms. The van der Waals surface area contributed by atoms with Crippen molar-refractivity contribution in [3.63, 3.8) is 0 Å². The van der Waals surface area contributed by atoms with E-state index in [-0.39, 0.29) is 5.91 Å². The van der Waals surface area contributed by atoms with Gasteiger partial charge >= 0.3 is 0 Å². The first kappa shape index (κ1) is 17.6. The number of carbonyl (C=O) groups is 1. The average Bonchev–Trinajstić information content (AvgIpc) is 2.58. The van der Waals surface area contributed by atoms with Crippen molar-refractivity contribution in [3.05, 3.63) is 16.9 Å². The molecule has 0 radical (unpaired) electrons. The largest absolute Gasteiger partial charge is 0.352 e. The summed E-state index contributed by atoms with van der Waals surface area (Å²) >= 11 is 3.35. The molecule has 0 bridgehead atoms. The zero-order valence-corrected chi connectivity index (χ0v) is 15.8. The minimum atomic E-state index is 0.169. The van der Waals surface area contributed by atoms with Gasteiger partial charge in [0.25, 0.3) is 0 Å². The van der Waals surface area contributed by atoms with Crippen LogP contribution in [0.1, 0.15) is 32.6 Å². The van der Waals surface area contributed by atoms with E-state index in [0.717, 1.165) is 55.4 Å². The van der Waals surface area contributed by atoms with Crippen molar-refractivity contribution in [1.82, 2.24) is 20.2 Å². The lowest BCUT2D eigenvalue weighted by molar-refractivity contribution is -0.123. The molecule has 1 amide bonds. The summed E-state index contributed by atoms with van der Waals surface area (Å²) in [5, 5.41) is 3.21. The van der Waals surface area contributed by atoms with Crippen molar-refractivity contribution in [2.45, 2.75) is 38.6 Å². The lowest BCUT2D eigenvalue weighted by Gasteiger charge is -2.34. The molecular formula is C17H26BrN5O. The van der Waals surface area contributed by atoms with E-state index >= 15 is 0 Å². The lowest BCUT2D eigenvalue weighted by atomic mass is 9.87. The van der Waals surface area contributed by atoms with Crippen LogP contribution in [0.15, 0.2) is 16.9 Å². The highest BCUT2D eigenvalue weighted by molar-refractivity contribution is 9.10. The van der Waals surface area contributed by atoms with Crippen LogP contribution in [-0.4, -0.2) is 59.5 Å². The third kappa shape index (κ3) is 4.89. The van der Waals surface area contributed by atoms with Gasteiger partial charge in [-0.2, -0.15) is 0 Å². The Morgan fingerprint density at radius 1 is 1.17 bits per heavy atom. The van der Waals surface area contributed by atoms with Gasteiger partial charge in [-0.25, -0.2) is 9.97 Å². The van der Waals surface area contributed by atoms with Crippen LogP contribution in [0.2, 0.25) is 0 Å². The van der Waals surface area contributed by atoms with Gasteiger partial charge < -0.3 is 10.2 Å². The summed E-state index contributed by atoms with van der Waals surface area (Å²) in [5.41, 5.74) is 0. The standard InChI is InChI=1S/C17H26BrN5O/c1-13-2-4-15(5-3-13)21-16(24)12-22-6-8-23(9-7-22)17-19-10-14(18)11-20-17/h10-11,13,15H,2-9,12H2,1H3,(H,21,24). The Morgan fingerprint density at radius 2 is 1.79 bits per heavy atom. The van der Waals surface area contributed by atoms with Crippen LogP contribution in [0.25, 0.3) is 0 Å². The van der Waals surface area contributed by atoms with E-state index in [0.29, 0.717) is 12.6 Å². The number of halogens is 1. The predicted octanol–water partition coefficient (Wildman–Crippen LogP) is 2.06. The number of piperazine rings is 1. The summed E-state index contributed by atoms with van der Waals surface area (Å²) in [5.74, 6) is 1.74. The third-order valence-electron chi connectivity index (χ3n) is 5.01. The Bertz CT molecular complexity index is 536. The van der Waals surface area contributed by atoms with Gasteiger partial charge in [-0.05, 0) is 47.5 Å². The molecule has 132 valence electrons. The number of amides is 1. The van der Waals surface area contributed by atoms with E-state index in [2.05, 4.69) is 47.9 Å². The molecule has 1 saturated heterocycles. The second-order valence-electron chi connectivity index (χ2n) is 6.99. The van der Waals surface area contributed by atoms with Crippen molar-refractivity contribution >= 4 is 27.8 Å². The van der Waals surface area contributed by atoms with Crippen LogP contribution >= 0.6 is 15.9 Å². The highest BCUT2D eigenvalue weighted by Gasteiger charge is 2.23. The number of rotatable bonds is 4. The minimum absolute atomic E-state index is 0.169. The molecule has 2 aliphatic rings. The summed E-state index contributed by atoms with van der Waals surface area (Å²) in [6.07, 6.45) is 8.26. The first-order valence-electron chi connectivity index (χ1n) is 8.84. The van der Waals surface area contributed by atoms with Crippen LogP contribution in [-0.2, 0) is 4.79 Å². The van der Waals surface area contributed by atoms with Crippen molar-refractivity contribution in [1.29, 1.82) is 0 Å². The second-order valence-corrected chi connectivity index (χ2v) is 7.90. The maximum atomic E-state index is 12.3. The molecular weight excluding hydrogens is 370 g/mol. The molecule has 1 aliphatic heterocycles. The summed E-state index contributed by atoms with van der Waals surface area (Å²) in [6.45, 7) is 6.25. The molecule has 6 nitrogen and oxygen atoms in total. The van der Waals surface area contributed by atoms with Gasteiger partial charge in [0.15, 0.2) is 0 Å². The molecule has 1 aromatic heterocycles. The van der Waals surface area contributed by atoms with Crippen LogP contribution in [0, 0.1) is 5.92 Å². The van der Waals surface area contributed by atoms with E-state index < -0.39 is 0 Å². The minimum Gasteiger partial charge on any atom is -0.352 e. The third-order valence-corrected chi connectivity index (χ3v) is 5.42. The molecule has 1 aliphatic carbocycles. The number of nitrogens with zero attached hydrogens (tertiary/aromatic N) is 4. The van der Waals surface area contributed by atoms with E-state index in [1.807, 2.05) is 0 Å². The highest BCUT2D eigenvalue weighted by atomic mass is 79.9. The number of anilines is 1. The van der Waals surface area contributed by atoms with Gasteiger partial charge in [-0.15, -0.1) is 0 Å². The van der Waals surface area contributed by atoms with Gasteiger partial charge in [-0.3, -0.25) is 9.69 Å². The van der Waals surface area contributed by atoms with Crippen LogP contribution in [0.3, 0.4) is 0 Å². The van der Waals surface area contributed by atoms with Gasteiger partial charge in [0, 0.05) is 44.6 Å². The molecule has 0 spiro atoms. The Balaban J connectivity index is 1.40. The fraction of sp³-hybridized carbons (Fsp3) is 0.706. The molecule has 3 rings (SSSR count). The monoisotopic (exact) mass is 395 g/mol. The first-order valence-corrected chi connectivity index (χ1v) is 9.63. The van der Waals surface area contributed by atoms with E-state index in [4.69, 9.17) is 0 Å². The Hall–Kier alpha value is -1.21. The second kappa shape index (κ2) is 8.25. The number of hydrogen-bond donors (Lipinski definition) is 1. The molecule has 24 heavy (non-hydrogen) atoms. The van der Waals surface area contributed by atoms with E-state index in [1.165, 1.54) is 12.8 Å². The summed E-state index contributed by atoms with van der Waals surface area (Å²) < 4.78 is 0.888. The smallest absolute Gasteiger partial charge is 0.234 e. The SMILES string of the molecule is CC1CCC(NC(=O)CN2CCN(c3ncc(Br)cn3)CC2)CC1. The molecule has 1 saturated carbocycles. The predicted molar refractivity (Wildman–Crippen MR) is 97.9 cm³/mol. The fourth-order valence-electron chi connectivity index (χ4n) is 3.46. The van der Waals surface area contributed by atoms with Crippen molar-refractivity contribution in [2.24, 2.45) is 5.92 Å². The summed E-state index contributed by atoms with van der Waals surface area (Å²) in [6, 6.07) is 0.381. The van der Waals surface area contributed by atoms with Gasteiger partial charge in [0.2, 0.25) is 11.9 Å². The zero-order valence-electron chi connectivity index (χ0n) is 14.2. The highest BCUT2D eigenvalue weighted by Crippen LogP contribution is 2.23. The Morgan fingerprint density at radius 3 is 2.42 bits per heavy atom. The molecule has 0 atom stereocenters. The quantitative estimate of drug-likeness (QED) is 0.844. The molecule has 2 fully saturated rings. The summed E-state index contributed by atoms with van der Waals surface area (Å²) in [4.78, 5) is 25.3. The summed E-state index contributed by atoms with van der Waals surface area (Å²) in [7, 11) is 0. The molecule has 0 unspecified atom stereocenters. The van der Waals surface area contributed by atoms with Crippen LogP contribution in [0.5, 0.6) is 0 Å². The molecule has 1 N–H and O–H groups in total. The maximum Gasteiger partial charge on any atom is 0.234 e. The molecule has 0 aromatic carbocycles. The lowest BCUT2D eigenvalue weighted by Crippen LogP contribution is -2.51. The van der Waals surface area contributed by atoms with Gasteiger partial charge in [0.1, 0.15) is 0 Å². The Labute approximate surface area is 152 Å². The average molecular weight is 396 g/mol. The van der Waals surface area contributed by atoms with E-state index in [1.54, 1.807) is 12.4 Å². The molecule has 2 heterocycles. The maximum absolute atomic E-state index is 12.3. The van der Waals surface area contributed by atoms with Crippen molar-refractivity contribution < 1.29 is 4.79 Å². The molecule has 1 aromatic rings. The van der Waals surface area contributed by atoms with Gasteiger partial charge in [-0.1, -0.05) is 6.92 Å².